The van der Waals surface area contributed by atoms with E-state index in [0.29, 0.717) is 33.1 Å². The fourth-order valence-corrected chi connectivity index (χ4v) is 2.13. The van der Waals surface area contributed by atoms with E-state index in [9.17, 15) is 4.79 Å². The Kier molecular flexibility index (Phi) is 4.64. The van der Waals surface area contributed by atoms with Gasteiger partial charge in [0, 0.05) is 11.8 Å². The first-order valence-corrected chi connectivity index (χ1v) is 7.55. The highest BCUT2D eigenvalue weighted by Crippen LogP contribution is 2.25. The van der Waals surface area contributed by atoms with Crippen molar-refractivity contribution in [1.29, 1.82) is 0 Å². The summed E-state index contributed by atoms with van der Waals surface area (Å²) in [4.78, 5) is 20.3. The fraction of sp³-hybridized carbons (Fsp3) is 0.0667. The summed E-state index contributed by atoms with van der Waals surface area (Å²) in [5.74, 6) is 1.21. The van der Waals surface area contributed by atoms with E-state index < -0.39 is 5.91 Å². The maximum atomic E-state index is 12.1. The second-order valence-electron chi connectivity index (χ2n) is 4.82. The van der Waals surface area contributed by atoms with Crippen LogP contribution in [0.2, 0.25) is 10.0 Å². The minimum atomic E-state index is -0.412. The van der Waals surface area contributed by atoms with Crippen LogP contribution in [-0.4, -0.2) is 21.0 Å². The molecule has 0 saturated carbocycles. The Bertz CT molecular complexity index is 880. The Morgan fingerprint density at radius 3 is 2.54 bits per heavy atom. The largest absolute Gasteiger partial charge is 0.360 e. The van der Waals surface area contributed by atoms with Crippen LogP contribution >= 0.6 is 23.2 Å². The van der Waals surface area contributed by atoms with Crippen LogP contribution in [0, 0.1) is 6.92 Å². The van der Waals surface area contributed by atoms with Crippen LogP contribution in [0.3, 0.4) is 0 Å². The first kappa shape index (κ1) is 16.2. The van der Waals surface area contributed by atoms with Gasteiger partial charge in [0.15, 0.2) is 5.82 Å². The van der Waals surface area contributed by atoms with Gasteiger partial charge in [0.2, 0.25) is 0 Å². The normalized spacial score (nSPS) is 10.5. The number of halogens is 2. The summed E-state index contributed by atoms with van der Waals surface area (Å²) in [5.41, 5.74) is 0.666. The fourth-order valence-electron chi connectivity index (χ4n) is 1.84. The molecule has 0 fully saturated rings. The molecule has 122 valence electrons. The number of nitrogens with one attached hydrogen (secondary N) is 2. The van der Waals surface area contributed by atoms with Gasteiger partial charge in [-0.3, -0.25) is 4.79 Å². The highest BCUT2D eigenvalue weighted by molar-refractivity contribution is 6.42. The molecule has 2 aromatic heterocycles. The van der Waals surface area contributed by atoms with E-state index in [1.165, 1.54) is 12.4 Å². The van der Waals surface area contributed by atoms with Crippen molar-refractivity contribution in [2.24, 2.45) is 0 Å². The van der Waals surface area contributed by atoms with Gasteiger partial charge in [0.1, 0.15) is 17.3 Å². The van der Waals surface area contributed by atoms with E-state index in [0.717, 1.165) is 0 Å². The molecule has 24 heavy (non-hydrogen) atoms. The minimum absolute atomic E-state index is 0.156. The number of nitrogens with zero attached hydrogens (tertiary/aromatic N) is 3. The van der Waals surface area contributed by atoms with Gasteiger partial charge in [0.05, 0.1) is 22.4 Å². The lowest BCUT2D eigenvalue weighted by atomic mass is 10.3. The zero-order valence-electron chi connectivity index (χ0n) is 12.4. The molecule has 3 aromatic rings. The third-order valence-electron chi connectivity index (χ3n) is 2.95. The molecule has 7 nitrogen and oxygen atoms in total. The molecule has 2 N–H and O–H groups in total. The summed E-state index contributed by atoms with van der Waals surface area (Å²) in [6.07, 6.45) is 2.77. The first-order chi connectivity index (χ1) is 11.5. The monoisotopic (exact) mass is 363 g/mol. The number of anilines is 3. The van der Waals surface area contributed by atoms with Gasteiger partial charge in [-0.1, -0.05) is 28.4 Å². The van der Waals surface area contributed by atoms with Crippen molar-refractivity contribution in [3.05, 3.63) is 58.2 Å². The zero-order chi connectivity index (χ0) is 17.1. The van der Waals surface area contributed by atoms with Crippen molar-refractivity contribution >= 4 is 46.4 Å². The maximum Gasteiger partial charge on any atom is 0.275 e. The molecule has 0 unspecified atom stereocenters. The number of rotatable bonds is 4. The molecule has 9 heteroatoms. The second-order valence-corrected chi connectivity index (χ2v) is 5.63. The molecule has 0 atom stereocenters. The van der Waals surface area contributed by atoms with Crippen molar-refractivity contribution < 1.29 is 9.32 Å². The minimum Gasteiger partial charge on any atom is -0.360 e. The molecule has 0 spiro atoms. The van der Waals surface area contributed by atoms with Gasteiger partial charge in [-0.05, 0) is 25.1 Å². The Balaban J connectivity index is 1.68. The summed E-state index contributed by atoms with van der Waals surface area (Å²) >= 11 is 11.7. The van der Waals surface area contributed by atoms with Gasteiger partial charge in [-0.2, -0.15) is 0 Å². The first-order valence-electron chi connectivity index (χ1n) is 6.80. The average molecular weight is 364 g/mol. The van der Waals surface area contributed by atoms with Gasteiger partial charge in [0.25, 0.3) is 5.91 Å². The van der Waals surface area contributed by atoms with Crippen molar-refractivity contribution in [1.82, 2.24) is 15.1 Å². The lowest BCUT2D eigenvalue weighted by Gasteiger charge is -2.06. The third-order valence-corrected chi connectivity index (χ3v) is 3.69. The maximum absolute atomic E-state index is 12.1. The molecule has 1 amide bonds. The molecule has 0 aliphatic rings. The number of carbonyl (C=O) groups is 1. The van der Waals surface area contributed by atoms with Gasteiger partial charge >= 0.3 is 0 Å². The van der Waals surface area contributed by atoms with Crippen molar-refractivity contribution in [3.63, 3.8) is 0 Å². The summed E-state index contributed by atoms with van der Waals surface area (Å²) in [6.45, 7) is 1.78. The molecule has 0 radical (unpaired) electrons. The van der Waals surface area contributed by atoms with E-state index in [4.69, 9.17) is 27.7 Å². The Labute approximate surface area is 147 Å². The molecule has 0 saturated heterocycles. The number of aromatic nitrogens is 3. The van der Waals surface area contributed by atoms with Crippen LogP contribution in [0.4, 0.5) is 17.3 Å². The summed E-state index contributed by atoms with van der Waals surface area (Å²) < 4.78 is 4.94. The quantitative estimate of drug-likeness (QED) is 0.725. The molecule has 0 aliphatic heterocycles. The van der Waals surface area contributed by atoms with Crippen molar-refractivity contribution in [2.75, 3.05) is 10.6 Å². The highest BCUT2D eigenvalue weighted by atomic mass is 35.5. The number of hydrogen-bond donors (Lipinski definition) is 2. The van der Waals surface area contributed by atoms with Gasteiger partial charge < -0.3 is 15.2 Å². The topological polar surface area (TPSA) is 92.9 Å². The summed E-state index contributed by atoms with van der Waals surface area (Å²) in [7, 11) is 0. The van der Waals surface area contributed by atoms with Crippen LogP contribution in [0.1, 0.15) is 16.2 Å². The molecule has 2 heterocycles. The van der Waals surface area contributed by atoms with Crippen molar-refractivity contribution in [2.45, 2.75) is 6.92 Å². The number of aryl methyl sites for hydroxylation is 1. The van der Waals surface area contributed by atoms with Crippen molar-refractivity contribution in [3.8, 4) is 0 Å². The number of amides is 1. The Morgan fingerprint density at radius 1 is 1.08 bits per heavy atom. The smallest absolute Gasteiger partial charge is 0.275 e. The van der Waals surface area contributed by atoms with E-state index in [1.807, 2.05) is 0 Å². The average Bonchev–Trinajstić information content (AvgIpc) is 2.96. The molecule has 0 bridgehead atoms. The zero-order valence-corrected chi connectivity index (χ0v) is 13.9. The van der Waals surface area contributed by atoms with Crippen LogP contribution in [0.5, 0.6) is 0 Å². The molecule has 0 aliphatic carbocycles. The highest BCUT2D eigenvalue weighted by Gasteiger charge is 2.10. The van der Waals surface area contributed by atoms with E-state index in [2.05, 4.69) is 25.8 Å². The molecular formula is C15H11Cl2N5O2. The predicted molar refractivity (Wildman–Crippen MR) is 91.0 cm³/mol. The van der Waals surface area contributed by atoms with Crippen LogP contribution in [-0.2, 0) is 0 Å². The standard InChI is InChI=1S/C15H11Cl2N5O2/c1-8-4-13(22-24-8)21-14-7-18-12(6-19-14)15(23)20-9-2-3-10(16)11(17)5-9/h2-7H,1H3,(H,20,23)(H,19,21,22). The van der Waals surface area contributed by atoms with E-state index in [-0.39, 0.29) is 5.69 Å². The third kappa shape index (κ3) is 3.81. The lowest BCUT2D eigenvalue weighted by molar-refractivity contribution is 0.102. The van der Waals surface area contributed by atoms with Crippen LogP contribution in [0.25, 0.3) is 0 Å². The SMILES string of the molecule is Cc1cc(Nc2cnc(C(=O)Nc3ccc(Cl)c(Cl)c3)cn2)no1. The summed E-state index contributed by atoms with van der Waals surface area (Å²) in [5, 5.41) is 10.1. The predicted octanol–water partition coefficient (Wildman–Crippen LogP) is 4.08. The molecule has 3 rings (SSSR count). The molecule has 1 aromatic carbocycles. The number of carbonyl (C=O) groups excluding carboxylic acids is 1. The Hall–Kier alpha value is -2.64. The summed E-state index contributed by atoms with van der Waals surface area (Å²) in [6, 6.07) is 6.51. The van der Waals surface area contributed by atoms with Gasteiger partial charge in [-0.25, -0.2) is 9.97 Å². The van der Waals surface area contributed by atoms with Crippen LogP contribution in [0.15, 0.2) is 41.2 Å². The number of hydrogen-bond acceptors (Lipinski definition) is 6. The van der Waals surface area contributed by atoms with Crippen LogP contribution < -0.4 is 10.6 Å². The van der Waals surface area contributed by atoms with E-state index in [1.54, 1.807) is 31.2 Å². The van der Waals surface area contributed by atoms with E-state index >= 15 is 0 Å². The Morgan fingerprint density at radius 2 is 1.92 bits per heavy atom. The molecular weight excluding hydrogens is 353 g/mol. The lowest BCUT2D eigenvalue weighted by Crippen LogP contribution is -2.14. The second kappa shape index (κ2) is 6.86. The number of benzene rings is 1. The van der Waals surface area contributed by atoms with Gasteiger partial charge in [-0.15, -0.1) is 0 Å².